The molecule has 0 unspecified atom stereocenters. The van der Waals surface area contributed by atoms with E-state index in [-0.39, 0.29) is 22.9 Å². The summed E-state index contributed by atoms with van der Waals surface area (Å²) in [6.07, 6.45) is 0.862. The lowest BCUT2D eigenvalue weighted by atomic mass is 10.2. The predicted molar refractivity (Wildman–Crippen MR) is 67.7 cm³/mol. The first-order valence-electron chi connectivity index (χ1n) is 5.41. The number of rotatable bonds is 4. The Kier molecular flexibility index (Phi) is 4.05. The van der Waals surface area contributed by atoms with Gasteiger partial charge >= 0.3 is 5.97 Å². The second-order valence-electron chi connectivity index (χ2n) is 3.77. The van der Waals surface area contributed by atoms with Gasteiger partial charge in [-0.25, -0.2) is 9.18 Å². The number of hydrogen-bond acceptors (Lipinski definition) is 4. The van der Waals surface area contributed by atoms with Crippen LogP contribution in [0.5, 0.6) is 5.75 Å². The maximum Gasteiger partial charge on any atom is 0.371 e. The van der Waals surface area contributed by atoms with E-state index >= 15 is 0 Å². The van der Waals surface area contributed by atoms with Crippen molar-refractivity contribution in [3.05, 3.63) is 62.9 Å². The average Bonchev–Trinajstić information content (AvgIpc) is 2.39. The van der Waals surface area contributed by atoms with Crippen molar-refractivity contribution >= 4 is 17.6 Å². The highest BCUT2D eigenvalue weighted by atomic mass is 35.5. The summed E-state index contributed by atoms with van der Waals surface area (Å²) >= 11 is 5.80. The van der Waals surface area contributed by atoms with E-state index in [9.17, 15) is 14.0 Å². The Bertz CT molecular complexity index is 690. The van der Waals surface area contributed by atoms with Gasteiger partial charge in [-0.1, -0.05) is 17.7 Å². The van der Waals surface area contributed by atoms with Gasteiger partial charge in [-0.3, -0.25) is 4.79 Å². The molecule has 1 heterocycles. The molecule has 0 aliphatic rings. The van der Waals surface area contributed by atoms with E-state index in [1.165, 1.54) is 18.2 Å². The monoisotopic (exact) mass is 298 g/mol. The molecule has 0 radical (unpaired) electrons. The van der Waals surface area contributed by atoms with Gasteiger partial charge in [0.1, 0.15) is 18.7 Å². The summed E-state index contributed by atoms with van der Waals surface area (Å²) in [6.45, 7) is -0.275. The molecule has 0 amide bonds. The SMILES string of the molecule is O=C(O)c1cc(=O)c(OCc2c(F)cccc2Cl)co1. The van der Waals surface area contributed by atoms with Crippen LogP contribution in [0.4, 0.5) is 4.39 Å². The van der Waals surface area contributed by atoms with E-state index in [1.54, 1.807) is 0 Å². The molecule has 0 saturated heterocycles. The number of ether oxygens (including phenoxy) is 1. The van der Waals surface area contributed by atoms with Crippen molar-refractivity contribution in [1.29, 1.82) is 0 Å². The number of hydrogen-bond donors (Lipinski definition) is 1. The average molecular weight is 299 g/mol. The molecule has 2 rings (SSSR count). The van der Waals surface area contributed by atoms with Gasteiger partial charge in [0.05, 0.1) is 5.02 Å². The highest BCUT2D eigenvalue weighted by Gasteiger charge is 2.12. The van der Waals surface area contributed by atoms with E-state index in [4.69, 9.17) is 25.9 Å². The standard InChI is InChI=1S/C13H8ClFO5/c14-8-2-1-3-9(15)7(8)5-19-12-6-20-11(13(17)18)4-10(12)16/h1-4,6H,5H2,(H,17,18). The molecular weight excluding hydrogens is 291 g/mol. The molecule has 1 N–H and O–H groups in total. The maximum absolute atomic E-state index is 13.5. The van der Waals surface area contributed by atoms with E-state index in [0.29, 0.717) is 0 Å². The highest BCUT2D eigenvalue weighted by molar-refractivity contribution is 6.31. The summed E-state index contributed by atoms with van der Waals surface area (Å²) in [4.78, 5) is 22.2. The van der Waals surface area contributed by atoms with Crippen molar-refractivity contribution in [3.8, 4) is 5.75 Å². The van der Waals surface area contributed by atoms with Crippen LogP contribution in [0.25, 0.3) is 0 Å². The normalized spacial score (nSPS) is 10.3. The van der Waals surface area contributed by atoms with Gasteiger partial charge in [0, 0.05) is 11.6 Å². The Balaban J connectivity index is 2.20. The van der Waals surface area contributed by atoms with Crippen LogP contribution in [-0.4, -0.2) is 11.1 Å². The zero-order chi connectivity index (χ0) is 14.7. The van der Waals surface area contributed by atoms with Gasteiger partial charge in [-0.05, 0) is 12.1 Å². The van der Waals surface area contributed by atoms with Crippen LogP contribution >= 0.6 is 11.6 Å². The van der Waals surface area contributed by atoms with E-state index < -0.39 is 23.0 Å². The molecule has 0 aliphatic heterocycles. The predicted octanol–water partition coefficient (Wildman–Crippen LogP) is 2.71. The molecule has 0 fully saturated rings. The lowest BCUT2D eigenvalue weighted by Crippen LogP contribution is -2.10. The Morgan fingerprint density at radius 1 is 1.45 bits per heavy atom. The topological polar surface area (TPSA) is 76.7 Å². The number of benzene rings is 1. The molecule has 0 bridgehead atoms. The quantitative estimate of drug-likeness (QED) is 0.939. The van der Waals surface area contributed by atoms with Crippen molar-refractivity contribution in [2.75, 3.05) is 0 Å². The summed E-state index contributed by atoms with van der Waals surface area (Å²) in [6, 6.07) is 4.91. The zero-order valence-electron chi connectivity index (χ0n) is 9.93. The molecule has 0 spiro atoms. The first-order valence-corrected chi connectivity index (χ1v) is 5.78. The molecule has 104 valence electrons. The summed E-state index contributed by atoms with van der Waals surface area (Å²) < 4.78 is 23.3. The number of halogens is 2. The van der Waals surface area contributed by atoms with E-state index in [1.807, 2.05) is 0 Å². The van der Waals surface area contributed by atoms with E-state index in [0.717, 1.165) is 12.3 Å². The Morgan fingerprint density at radius 2 is 2.20 bits per heavy atom. The number of carbonyl (C=O) groups is 1. The Hall–Kier alpha value is -2.34. The van der Waals surface area contributed by atoms with Crippen LogP contribution < -0.4 is 10.2 Å². The van der Waals surface area contributed by atoms with Crippen LogP contribution in [0, 0.1) is 5.82 Å². The van der Waals surface area contributed by atoms with Crippen LogP contribution in [0.3, 0.4) is 0 Å². The van der Waals surface area contributed by atoms with Gasteiger partial charge in [0.2, 0.25) is 16.9 Å². The molecule has 1 aromatic carbocycles. The lowest BCUT2D eigenvalue weighted by molar-refractivity contribution is 0.0658. The van der Waals surface area contributed by atoms with Crippen LogP contribution in [-0.2, 0) is 6.61 Å². The minimum atomic E-state index is -1.37. The molecule has 1 aromatic heterocycles. The first-order chi connectivity index (χ1) is 9.49. The fourth-order valence-electron chi connectivity index (χ4n) is 1.44. The number of carboxylic acids is 1. The van der Waals surface area contributed by atoms with Gasteiger partial charge < -0.3 is 14.3 Å². The maximum atomic E-state index is 13.5. The second-order valence-corrected chi connectivity index (χ2v) is 4.17. The van der Waals surface area contributed by atoms with E-state index in [2.05, 4.69) is 0 Å². The van der Waals surface area contributed by atoms with Gasteiger partial charge in [-0.15, -0.1) is 0 Å². The third-order valence-corrected chi connectivity index (χ3v) is 2.80. The second kappa shape index (κ2) is 5.75. The van der Waals surface area contributed by atoms with Crippen molar-refractivity contribution in [2.45, 2.75) is 6.61 Å². The molecule has 7 heteroatoms. The van der Waals surface area contributed by atoms with Crippen LogP contribution in [0.1, 0.15) is 16.1 Å². The summed E-state index contributed by atoms with van der Waals surface area (Å²) in [5.41, 5.74) is -0.586. The Labute approximate surface area is 117 Å². The molecule has 20 heavy (non-hydrogen) atoms. The fourth-order valence-corrected chi connectivity index (χ4v) is 1.65. The molecule has 0 aliphatic carbocycles. The molecule has 2 aromatic rings. The third-order valence-electron chi connectivity index (χ3n) is 2.44. The summed E-state index contributed by atoms with van der Waals surface area (Å²) in [5.74, 6) is -2.67. The number of aromatic carboxylic acids is 1. The largest absolute Gasteiger partial charge is 0.482 e. The summed E-state index contributed by atoms with van der Waals surface area (Å²) in [5, 5.41) is 8.80. The zero-order valence-corrected chi connectivity index (χ0v) is 10.7. The van der Waals surface area contributed by atoms with Crippen LogP contribution in [0.2, 0.25) is 5.02 Å². The first kappa shape index (κ1) is 14.1. The third kappa shape index (κ3) is 2.97. The van der Waals surface area contributed by atoms with Crippen LogP contribution in [0.15, 0.2) is 39.7 Å². The van der Waals surface area contributed by atoms with Crippen molar-refractivity contribution in [2.24, 2.45) is 0 Å². The molecule has 0 atom stereocenters. The van der Waals surface area contributed by atoms with Crippen molar-refractivity contribution in [3.63, 3.8) is 0 Å². The van der Waals surface area contributed by atoms with Gasteiger partial charge in [-0.2, -0.15) is 0 Å². The molecule has 0 saturated carbocycles. The lowest BCUT2D eigenvalue weighted by Gasteiger charge is -2.07. The molecular formula is C13H8ClFO5. The minimum absolute atomic E-state index is 0.0934. The van der Waals surface area contributed by atoms with Crippen molar-refractivity contribution < 1.29 is 23.4 Å². The Morgan fingerprint density at radius 3 is 2.80 bits per heavy atom. The minimum Gasteiger partial charge on any atom is -0.482 e. The van der Waals surface area contributed by atoms with Crippen molar-refractivity contribution in [1.82, 2.24) is 0 Å². The van der Waals surface area contributed by atoms with Gasteiger partial charge in [0.15, 0.2) is 0 Å². The van der Waals surface area contributed by atoms with Gasteiger partial charge in [0.25, 0.3) is 0 Å². The fraction of sp³-hybridized carbons (Fsp3) is 0.0769. The number of carboxylic acid groups (broad SMARTS) is 1. The molecule has 5 nitrogen and oxygen atoms in total. The highest BCUT2D eigenvalue weighted by Crippen LogP contribution is 2.20. The summed E-state index contributed by atoms with van der Waals surface area (Å²) in [7, 11) is 0. The smallest absolute Gasteiger partial charge is 0.371 e.